The Morgan fingerprint density at radius 2 is 1.86 bits per heavy atom. The second-order valence-corrected chi connectivity index (χ2v) is 4.48. The Labute approximate surface area is 121 Å². The van der Waals surface area contributed by atoms with Crippen LogP contribution >= 0.6 is 0 Å². The van der Waals surface area contributed by atoms with E-state index >= 15 is 0 Å². The lowest BCUT2D eigenvalue weighted by Gasteiger charge is -2.21. The minimum atomic E-state index is -0.367. The zero-order valence-corrected chi connectivity index (χ0v) is 11.3. The molecule has 0 atom stereocenters. The third-order valence-corrected chi connectivity index (χ3v) is 3.05. The van der Waals surface area contributed by atoms with Crippen molar-refractivity contribution in [3.8, 4) is 0 Å². The number of amidine groups is 1. The summed E-state index contributed by atoms with van der Waals surface area (Å²) in [6.45, 7) is 1.37. The predicted molar refractivity (Wildman–Crippen MR) is 76.9 cm³/mol. The van der Waals surface area contributed by atoms with Crippen LogP contribution in [-0.2, 0) is 4.79 Å². The molecule has 0 aliphatic carbocycles. The lowest BCUT2D eigenvalue weighted by Crippen LogP contribution is -2.48. The number of hydrazine groups is 1. The number of pyridine rings is 1. The molecule has 2 heterocycles. The van der Waals surface area contributed by atoms with Crippen LogP contribution in [0.25, 0.3) is 0 Å². The van der Waals surface area contributed by atoms with Gasteiger partial charge in [-0.2, -0.15) is 0 Å². The molecule has 2 amide bonds. The van der Waals surface area contributed by atoms with Gasteiger partial charge in [0.1, 0.15) is 0 Å². The van der Waals surface area contributed by atoms with E-state index in [0.717, 1.165) is 5.01 Å². The Morgan fingerprint density at radius 1 is 1.14 bits per heavy atom. The van der Waals surface area contributed by atoms with E-state index in [0.29, 0.717) is 22.6 Å². The number of nitrogens with zero attached hydrogens (tertiary/aromatic N) is 3. The van der Waals surface area contributed by atoms with Crippen molar-refractivity contribution in [1.29, 1.82) is 0 Å². The van der Waals surface area contributed by atoms with E-state index in [1.54, 1.807) is 48.8 Å². The number of amides is 2. The third kappa shape index (κ3) is 2.38. The molecule has 6 heteroatoms. The van der Waals surface area contributed by atoms with Gasteiger partial charge >= 0.3 is 0 Å². The average Bonchev–Trinajstić information content (AvgIpc) is 2.66. The normalized spacial score (nSPS) is 13.9. The highest BCUT2D eigenvalue weighted by Gasteiger charge is 2.25. The first-order chi connectivity index (χ1) is 10.2. The van der Waals surface area contributed by atoms with Gasteiger partial charge in [0.15, 0.2) is 5.84 Å². The molecule has 104 valence electrons. The van der Waals surface area contributed by atoms with Gasteiger partial charge in [0.25, 0.3) is 5.91 Å². The summed E-state index contributed by atoms with van der Waals surface area (Å²) < 4.78 is 0. The molecule has 0 unspecified atom stereocenters. The molecule has 0 bridgehead atoms. The van der Waals surface area contributed by atoms with Gasteiger partial charge in [-0.05, 0) is 24.3 Å². The van der Waals surface area contributed by atoms with Gasteiger partial charge in [0.2, 0.25) is 5.91 Å². The first-order valence-corrected chi connectivity index (χ1v) is 6.36. The van der Waals surface area contributed by atoms with Gasteiger partial charge in [-0.15, -0.1) is 0 Å². The van der Waals surface area contributed by atoms with Crippen LogP contribution in [0.5, 0.6) is 0 Å². The smallest absolute Gasteiger partial charge is 0.272 e. The monoisotopic (exact) mass is 280 g/mol. The molecule has 1 aromatic heterocycles. The highest BCUT2D eigenvalue weighted by molar-refractivity contribution is 6.13. The predicted octanol–water partition coefficient (Wildman–Crippen LogP) is 1.67. The van der Waals surface area contributed by atoms with Crippen LogP contribution in [0.3, 0.4) is 0 Å². The highest BCUT2D eigenvalue weighted by Crippen LogP contribution is 2.23. The first-order valence-electron chi connectivity index (χ1n) is 6.36. The van der Waals surface area contributed by atoms with E-state index in [9.17, 15) is 9.59 Å². The topological polar surface area (TPSA) is 74.7 Å². The number of aromatic nitrogens is 1. The first kappa shape index (κ1) is 13.0. The minimum absolute atomic E-state index is 0.327. The second-order valence-electron chi connectivity index (χ2n) is 4.48. The van der Waals surface area contributed by atoms with Crippen molar-refractivity contribution in [3.05, 3.63) is 59.9 Å². The number of para-hydroxylation sites is 1. The summed E-state index contributed by atoms with van der Waals surface area (Å²) in [5.74, 6) is -0.330. The van der Waals surface area contributed by atoms with E-state index in [-0.39, 0.29) is 11.8 Å². The molecule has 0 saturated heterocycles. The number of fused-ring (bicyclic) bond motifs is 1. The number of aliphatic imine (C=N–C) groups is 1. The number of carbonyl (C=O) groups excluding carboxylic acids is 2. The van der Waals surface area contributed by atoms with Crippen LogP contribution in [0.1, 0.15) is 22.8 Å². The third-order valence-electron chi connectivity index (χ3n) is 3.05. The van der Waals surface area contributed by atoms with Crippen LogP contribution in [-0.4, -0.2) is 27.6 Å². The minimum Gasteiger partial charge on any atom is -0.273 e. The molecule has 0 fully saturated rings. The van der Waals surface area contributed by atoms with Crippen LogP contribution in [0.2, 0.25) is 0 Å². The van der Waals surface area contributed by atoms with Crippen molar-refractivity contribution >= 4 is 23.3 Å². The maximum absolute atomic E-state index is 12.2. The van der Waals surface area contributed by atoms with Crippen molar-refractivity contribution in [2.75, 3.05) is 0 Å². The molecule has 0 spiro atoms. The summed E-state index contributed by atoms with van der Waals surface area (Å²) in [7, 11) is 0. The molecule has 0 saturated carbocycles. The molecule has 21 heavy (non-hydrogen) atoms. The molecule has 2 aromatic rings. The second kappa shape index (κ2) is 5.16. The number of hydrogen-bond donors (Lipinski definition) is 1. The Hall–Kier alpha value is -3.02. The SMILES string of the molecule is CC(=O)N1NC(=O)c2ccccc2N=C1c1ccncc1. The quantitative estimate of drug-likeness (QED) is 0.863. The van der Waals surface area contributed by atoms with Crippen LogP contribution in [0, 0.1) is 0 Å². The number of nitrogens with one attached hydrogen (secondary N) is 1. The number of hydrogen-bond acceptors (Lipinski definition) is 4. The fourth-order valence-corrected chi connectivity index (χ4v) is 2.06. The number of carbonyl (C=O) groups is 2. The van der Waals surface area contributed by atoms with Gasteiger partial charge < -0.3 is 0 Å². The van der Waals surface area contributed by atoms with Crippen molar-refractivity contribution < 1.29 is 9.59 Å². The Balaban J connectivity index is 2.20. The summed E-state index contributed by atoms with van der Waals surface area (Å²) in [6, 6.07) is 10.4. The maximum atomic E-state index is 12.2. The number of rotatable bonds is 1. The zero-order chi connectivity index (χ0) is 14.8. The summed E-state index contributed by atoms with van der Waals surface area (Å²) in [6.07, 6.45) is 3.21. The van der Waals surface area contributed by atoms with E-state index in [4.69, 9.17) is 0 Å². The van der Waals surface area contributed by atoms with E-state index < -0.39 is 0 Å². The number of benzene rings is 1. The molecular weight excluding hydrogens is 268 g/mol. The fraction of sp³-hybridized carbons (Fsp3) is 0.0667. The molecular formula is C15H12N4O2. The zero-order valence-electron chi connectivity index (χ0n) is 11.3. The molecule has 1 aromatic carbocycles. The summed E-state index contributed by atoms with van der Waals surface area (Å²) in [5.41, 5.74) is 4.21. The van der Waals surface area contributed by atoms with Gasteiger partial charge in [-0.25, -0.2) is 10.0 Å². The van der Waals surface area contributed by atoms with Gasteiger partial charge in [0.05, 0.1) is 11.3 Å². The maximum Gasteiger partial charge on any atom is 0.272 e. The largest absolute Gasteiger partial charge is 0.273 e. The van der Waals surface area contributed by atoms with Crippen LogP contribution in [0.15, 0.2) is 53.8 Å². The van der Waals surface area contributed by atoms with Crippen molar-refractivity contribution in [2.45, 2.75) is 6.92 Å². The Morgan fingerprint density at radius 3 is 2.57 bits per heavy atom. The summed E-state index contributed by atoms with van der Waals surface area (Å²) >= 11 is 0. The molecule has 1 aliphatic rings. The van der Waals surface area contributed by atoms with E-state index in [1.165, 1.54) is 6.92 Å². The molecule has 3 rings (SSSR count). The highest BCUT2D eigenvalue weighted by atomic mass is 16.2. The Bertz CT molecular complexity index is 740. The summed E-state index contributed by atoms with van der Waals surface area (Å²) in [5, 5.41) is 1.15. The van der Waals surface area contributed by atoms with Crippen LogP contribution < -0.4 is 5.43 Å². The van der Waals surface area contributed by atoms with Crippen molar-refractivity contribution in [1.82, 2.24) is 15.4 Å². The van der Waals surface area contributed by atoms with Crippen molar-refractivity contribution in [3.63, 3.8) is 0 Å². The van der Waals surface area contributed by atoms with Gasteiger partial charge in [-0.3, -0.25) is 20.0 Å². The van der Waals surface area contributed by atoms with Gasteiger partial charge in [0, 0.05) is 24.9 Å². The lowest BCUT2D eigenvalue weighted by molar-refractivity contribution is -0.126. The average molecular weight is 280 g/mol. The fourth-order valence-electron chi connectivity index (χ4n) is 2.06. The Kier molecular flexibility index (Phi) is 3.19. The molecule has 1 N–H and O–H groups in total. The van der Waals surface area contributed by atoms with E-state index in [1.807, 2.05) is 0 Å². The van der Waals surface area contributed by atoms with E-state index in [2.05, 4.69) is 15.4 Å². The standard InChI is InChI=1S/C15H12N4O2/c1-10(20)19-14(11-6-8-16-9-7-11)17-13-5-3-2-4-12(13)15(21)18-19/h2-9H,1H3,(H,18,21). The van der Waals surface area contributed by atoms with Gasteiger partial charge in [-0.1, -0.05) is 12.1 Å². The van der Waals surface area contributed by atoms with Crippen LogP contribution in [0.4, 0.5) is 5.69 Å². The summed E-state index contributed by atoms with van der Waals surface area (Å²) in [4.78, 5) is 32.5. The lowest BCUT2D eigenvalue weighted by atomic mass is 10.1. The molecule has 1 aliphatic heterocycles. The molecule has 6 nitrogen and oxygen atoms in total. The van der Waals surface area contributed by atoms with Crippen molar-refractivity contribution in [2.24, 2.45) is 4.99 Å². The molecule has 0 radical (unpaired) electrons.